The van der Waals surface area contributed by atoms with Crippen LogP contribution < -0.4 is 0 Å². The van der Waals surface area contributed by atoms with E-state index < -0.39 is 0 Å². The largest absolute Gasteiger partial charge is 0.393 e. The number of ketones is 1. The monoisotopic (exact) mass is 300 g/mol. The van der Waals surface area contributed by atoms with Gasteiger partial charge in [-0.25, -0.2) is 0 Å². The number of nitrogens with zero attached hydrogens (tertiary/aromatic N) is 1. The number of fused-ring (bicyclic) bond motifs is 1. The molecule has 1 aliphatic heterocycles. The first-order valence-electron chi connectivity index (χ1n) is 8.02. The molecule has 3 rings (SSSR count). The minimum atomic E-state index is -0.304. The smallest absolute Gasteiger partial charge is 0.182 e. The van der Waals surface area contributed by atoms with Crippen LogP contribution in [0.1, 0.15) is 36.3 Å². The molecule has 2 N–H and O–H groups in total. The summed E-state index contributed by atoms with van der Waals surface area (Å²) in [5.41, 5.74) is 2.76. The standard InChI is InChI=1S/C18H24N2O2/c1-11-17(15-6-4-5-7-16(15)19-11)18(22)12(2)20-9-8-14(10-20)13(3)21/h4-7,12-14,19,21H,8-10H2,1-3H3. The van der Waals surface area contributed by atoms with E-state index in [1.165, 1.54) is 0 Å². The van der Waals surface area contributed by atoms with Crippen molar-refractivity contribution in [1.29, 1.82) is 0 Å². The van der Waals surface area contributed by atoms with Crippen LogP contribution >= 0.6 is 0 Å². The van der Waals surface area contributed by atoms with Gasteiger partial charge in [-0.2, -0.15) is 0 Å². The summed E-state index contributed by atoms with van der Waals surface area (Å²) in [6, 6.07) is 7.80. The van der Waals surface area contributed by atoms with E-state index in [9.17, 15) is 9.90 Å². The summed E-state index contributed by atoms with van der Waals surface area (Å²) in [7, 11) is 0. The quantitative estimate of drug-likeness (QED) is 0.854. The Kier molecular flexibility index (Phi) is 4.06. The van der Waals surface area contributed by atoms with E-state index in [1.807, 2.05) is 45.0 Å². The molecule has 1 aromatic heterocycles. The molecule has 1 fully saturated rings. The Bertz CT molecular complexity index is 689. The summed E-state index contributed by atoms with van der Waals surface area (Å²) in [6.07, 6.45) is 0.657. The fraction of sp³-hybridized carbons (Fsp3) is 0.500. The molecule has 0 radical (unpaired) electrons. The van der Waals surface area contributed by atoms with Gasteiger partial charge in [0.25, 0.3) is 0 Å². The first kappa shape index (κ1) is 15.3. The summed E-state index contributed by atoms with van der Waals surface area (Å²) >= 11 is 0. The molecule has 0 aliphatic carbocycles. The van der Waals surface area contributed by atoms with E-state index in [4.69, 9.17) is 0 Å². The highest BCUT2D eigenvalue weighted by atomic mass is 16.3. The Morgan fingerprint density at radius 1 is 1.36 bits per heavy atom. The van der Waals surface area contributed by atoms with Gasteiger partial charge in [0.1, 0.15) is 0 Å². The van der Waals surface area contributed by atoms with Crippen molar-refractivity contribution in [3.05, 3.63) is 35.5 Å². The number of rotatable bonds is 4. The van der Waals surface area contributed by atoms with Gasteiger partial charge in [-0.1, -0.05) is 18.2 Å². The van der Waals surface area contributed by atoms with Gasteiger partial charge in [-0.05, 0) is 45.7 Å². The number of carbonyl (C=O) groups is 1. The molecule has 118 valence electrons. The number of hydrogen-bond donors (Lipinski definition) is 2. The zero-order chi connectivity index (χ0) is 15.9. The highest BCUT2D eigenvalue weighted by Gasteiger charge is 2.33. The van der Waals surface area contributed by atoms with Crippen LogP contribution in [0.15, 0.2) is 24.3 Å². The van der Waals surface area contributed by atoms with Crippen molar-refractivity contribution in [1.82, 2.24) is 9.88 Å². The second-order valence-corrected chi connectivity index (χ2v) is 6.50. The third-order valence-electron chi connectivity index (χ3n) is 5.01. The number of hydrogen-bond acceptors (Lipinski definition) is 3. The zero-order valence-corrected chi connectivity index (χ0v) is 13.5. The van der Waals surface area contributed by atoms with Crippen molar-refractivity contribution in [2.75, 3.05) is 13.1 Å². The van der Waals surface area contributed by atoms with Crippen molar-refractivity contribution < 1.29 is 9.90 Å². The third-order valence-corrected chi connectivity index (χ3v) is 5.01. The molecule has 1 aromatic carbocycles. The Labute approximate surface area is 131 Å². The topological polar surface area (TPSA) is 56.3 Å². The van der Waals surface area contributed by atoms with Crippen LogP contribution in [0.25, 0.3) is 10.9 Å². The average Bonchev–Trinajstić information content (AvgIpc) is 3.09. The molecule has 2 aromatic rings. The number of carbonyl (C=O) groups excluding carboxylic acids is 1. The lowest BCUT2D eigenvalue weighted by atomic mass is 10.0. The molecule has 0 amide bonds. The molecule has 4 nitrogen and oxygen atoms in total. The molecule has 22 heavy (non-hydrogen) atoms. The van der Waals surface area contributed by atoms with Crippen molar-refractivity contribution in [3.63, 3.8) is 0 Å². The van der Waals surface area contributed by atoms with Crippen molar-refractivity contribution in [2.24, 2.45) is 5.92 Å². The van der Waals surface area contributed by atoms with Gasteiger partial charge in [-0.15, -0.1) is 0 Å². The number of para-hydroxylation sites is 1. The first-order valence-corrected chi connectivity index (χ1v) is 8.02. The summed E-state index contributed by atoms with van der Waals surface area (Å²) in [5, 5.41) is 10.7. The minimum Gasteiger partial charge on any atom is -0.393 e. The Morgan fingerprint density at radius 3 is 2.77 bits per heavy atom. The van der Waals surface area contributed by atoms with Gasteiger partial charge in [-0.3, -0.25) is 9.69 Å². The molecule has 2 heterocycles. The lowest BCUT2D eigenvalue weighted by Crippen LogP contribution is -2.38. The van der Waals surface area contributed by atoms with Gasteiger partial charge >= 0.3 is 0 Å². The van der Waals surface area contributed by atoms with E-state index >= 15 is 0 Å². The van der Waals surface area contributed by atoms with Crippen LogP contribution in [0, 0.1) is 12.8 Å². The van der Waals surface area contributed by atoms with E-state index in [2.05, 4.69) is 9.88 Å². The second kappa shape index (κ2) is 5.86. The maximum absolute atomic E-state index is 13.0. The van der Waals surface area contributed by atoms with Gasteiger partial charge in [0.2, 0.25) is 0 Å². The van der Waals surface area contributed by atoms with Crippen LogP contribution in [0.3, 0.4) is 0 Å². The molecule has 3 unspecified atom stereocenters. The molecule has 1 aliphatic rings. The zero-order valence-electron chi connectivity index (χ0n) is 13.5. The predicted octanol–water partition coefficient (Wildman–Crippen LogP) is 2.75. The first-order chi connectivity index (χ1) is 10.5. The van der Waals surface area contributed by atoms with E-state index in [0.29, 0.717) is 0 Å². The highest BCUT2D eigenvalue weighted by Crippen LogP contribution is 2.27. The number of benzene rings is 1. The van der Waals surface area contributed by atoms with Gasteiger partial charge in [0, 0.05) is 28.7 Å². The lowest BCUT2D eigenvalue weighted by Gasteiger charge is -2.24. The van der Waals surface area contributed by atoms with Crippen LogP contribution in [0.4, 0.5) is 0 Å². The number of aliphatic hydroxyl groups excluding tert-OH is 1. The number of Topliss-reactive ketones (excluding diaryl/α,β-unsaturated/α-hetero) is 1. The number of aliphatic hydroxyl groups is 1. The molecule has 0 spiro atoms. The van der Waals surface area contributed by atoms with Crippen molar-refractivity contribution >= 4 is 16.7 Å². The Hall–Kier alpha value is -1.65. The lowest BCUT2D eigenvalue weighted by molar-refractivity contribution is 0.0837. The molecular formula is C18H24N2O2. The van der Waals surface area contributed by atoms with Gasteiger partial charge in [0.15, 0.2) is 5.78 Å². The number of likely N-dealkylation sites (tertiary alicyclic amines) is 1. The molecule has 4 heteroatoms. The van der Waals surface area contributed by atoms with Gasteiger partial charge < -0.3 is 10.1 Å². The normalized spacial score (nSPS) is 22.1. The second-order valence-electron chi connectivity index (χ2n) is 6.50. The molecule has 0 bridgehead atoms. The molecule has 1 saturated heterocycles. The van der Waals surface area contributed by atoms with E-state index in [-0.39, 0.29) is 23.8 Å². The number of nitrogens with one attached hydrogen (secondary N) is 1. The van der Waals surface area contributed by atoms with Crippen LogP contribution in [0.2, 0.25) is 0 Å². The van der Waals surface area contributed by atoms with Crippen molar-refractivity contribution in [3.8, 4) is 0 Å². The maximum Gasteiger partial charge on any atom is 0.182 e. The number of aromatic amines is 1. The van der Waals surface area contributed by atoms with Crippen molar-refractivity contribution in [2.45, 2.75) is 39.3 Å². The molecule has 0 saturated carbocycles. The van der Waals surface area contributed by atoms with Crippen LogP contribution in [-0.2, 0) is 0 Å². The van der Waals surface area contributed by atoms with Crippen LogP contribution in [-0.4, -0.2) is 46.0 Å². The summed E-state index contributed by atoms with van der Waals surface area (Å²) in [6.45, 7) is 7.46. The number of aromatic nitrogens is 1. The predicted molar refractivity (Wildman–Crippen MR) is 88.2 cm³/mol. The van der Waals surface area contributed by atoms with E-state index in [0.717, 1.165) is 41.7 Å². The number of aryl methyl sites for hydroxylation is 1. The van der Waals surface area contributed by atoms with Gasteiger partial charge in [0.05, 0.1) is 12.1 Å². The summed E-state index contributed by atoms with van der Waals surface area (Å²) in [5.74, 6) is 0.445. The fourth-order valence-electron chi connectivity index (χ4n) is 3.53. The fourth-order valence-corrected chi connectivity index (χ4v) is 3.53. The Morgan fingerprint density at radius 2 is 2.09 bits per heavy atom. The van der Waals surface area contributed by atoms with E-state index in [1.54, 1.807) is 0 Å². The minimum absolute atomic E-state index is 0.151. The molecular weight excluding hydrogens is 276 g/mol. The third kappa shape index (κ3) is 2.57. The SMILES string of the molecule is Cc1[nH]c2ccccc2c1C(=O)C(C)N1CCC(C(C)O)C1. The average molecular weight is 300 g/mol. The van der Waals surface area contributed by atoms with Crippen LogP contribution in [0.5, 0.6) is 0 Å². The highest BCUT2D eigenvalue weighted by molar-refractivity contribution is 6.11. The molecule has 3 atom stereocenters. The summed E-state index contributed by atoms with van der Waals surface area (Å²) < 4.78 is 0. The maximum atomic E-state index is 13.0. The Balaban J connectivity index is 1.85. The summed E-state index contributed by atoms with van der Waals surface area (Å²) in [4.78, 5) is 18.5. The number of H-pyrrole nitrogens is 1.